The fourth-order valence-electron chi connectivity index (χ4n) is 2.15. The van der Waals surface area contributed by atoms with Crippen LogP contribution in [0.15, 0.2) is 17.0 Å². The topological polar surface area (TPSA) is 70.4 Å². The molecule has 2 heterocycles. The molecule has 1 fully saturated rings. The number of amides is 1. The number of likely N-dealkylation sites (N-methyl/N-ethyl adjacent to an activating group) is 1. The van der Waals surface area contributed by atoms with Crippen molar-refractivity contribution < 1.29 is 9.21 Å². The van der Waals surface area contributed by atoms with Crippen LogP contribution in [-0.2, 0) is 11.3 Å². The second-order valence-electron chi connectivity index (χ2n) is 4.57. The number of carbonyl (C=O) groups excluding carboxylic acids is 1. The Hall–Kier alpha value is -1.40. The molecule has 0 aromatic carbocycles. The number of aromatic nitrogens is 1. The van der Waals surface area contributed by atoms with Gasteiger partial charge < -0.3 is 15.1 Å². The van der Waals surface area contributed by atoms with E-state index in [1.165, 1.54) is 6.39 Å². The smallest absolute Gasteiger partial charge is 0.233 e. The van der Waals surface area contributed by atoms with Gasteiger partial charge in [-0.1, -0.05) is 0 Å². The molecule has 6 nitrogen and oxygen atoms in total. The number of nitrogens with zero attached hydrogens (tertiary/aromatic N) is 2. The molecule has 1 aliphatic rings. The van der Waals surface area contributed by atoms with Crippen LogP contribution in [-0.4, -0.2) is 48.5 Å². The maximum Gasteiger partial charge on any atom is 0.233 e. The van der Waals surface area contributed by atoms with Gasteiger partial charge in [-0.2, -0.15) is 0 Å². The maximum absolute atomic E-state index is 11.3. The Morgan fingerprint density at radius 1 is 1.56 bits per heavy atom. The number of hydrogen-bond donors (Lipinski definition) is 2. The van der Waals surface area contributed by atoms with Crippen LogP contribution in [0.4, 0.5) is 0 Å². The zero-order chi connectivity index (χ0) is 12.8. The largest absolute Gasteiger partial charge is 0.447 e. The molecule has 100 valence electrons. The molecule has 0 saturated carbocycles. The summed E-state index contributed by atoms with van der Waals surface area (Å²) < 4.78 is 5.18. The Balaban J connectivity index is 1.65. The molecule has 2 N–H and O–H groups in total. The molecule has 1 aromatic heterocycles. The van der Waals surface area contributed by atoms with Gasteiger partial charge in [0.15, 0.2) is 6.39 Å². The van der Waals surface area contributed by atoms with E-state index in [4.69, 9.17) is 4.42 Å². The zero-order valence-corrected chi connectivity index (χ0v) is 10.7. The molecule has 0 bridgehead atoms. The SMILES string of the molecule is CNC(=O)CN1CCC(NCc2cnco2)CC1. The number of hydrogen-bond acceptors (Lipinski definition) is 5. The third kappa shape index (κ3) is 3.82. The molecule has 0 spiro atoms. The lowest BCUT2D eigenvalue weighted by molar-refractivity contribution is -0.122. The average molecular weight is 252 g/mol. The van der Waals surface area contributed by atoms with Crippen LogP contribution in [0.1, 0.15) is 18.6 Å². The quantitative estimate of drug-likeness (QED) is 0.770. The van der Waals surface area contributed by atoms with Gasteiger partial charge in [0, 0.05) is 26.2 Å². The molecule has 0 aliphatic carbocycles. The number of carbonyl (C=O) groups is 1. The van der Waals surface area contributed by atoms with Crippen molar-refractivity contribution in [1.82, 2.24) is 20.5 Å². The summed E-state index contributed by atoms with van der Waals surface area (Å²) >= 11 is 0. The summed E-state index contributed by atoms with van der Waals surface area (Å²) in [6.07, 6.45) is 5.30. The summed E-state index contributed by atoms with van der Waals surface area (Å²) in [5, 5.41) is 6.10. The highest BCUT2D eigenvalue weighted by atomic mass is 16.3. The zero-order valence-electron chi connectivity index (χ0n) is 10.7. The Kier molecular flexibility index (Phi) is 4.72. The minimum absolute atomic E-state index is 0.0862. The first kappa shape index (κ1) is 13.0. The van der Waals surface area contributed by atoms with Crippen molar-refractivity contribution in [3.05, 3.63) is 18.4 Å². The molecular weight excluding hydrogens is 232 g/mol. The normalized spacial score (nSPS) is 17.8. The van der Waals surface area contributed by atoms with Crippen LogP contribution in [0.3, 0.4) is 0 Å². The maximum atomic E-state index is 11.3. The van der Waals surface area contributed by atoms with Gasteiger partial charge in [-0.05, 0) is 12.8 Å². The third-order valence-corrected chi connectivity index (χ3v) is 3.28. The van der Waals surface area contributed by atoms with E-state index >= 15 is 0 Å². The van der Waals surface area contributed by atoms with E-state index < -0.39 is 0 Å². The predicted octanol–water partition coefficient (Wildman–Crippen LogP) is -0.0254. The molecule has 1 amide bonds. The van der Waals surface area contributed by atoms with Gasteiger partial charge in [0.05, 0.1) is 19.3 Å². The predicted molar refractivity (Wildman–Crippen MR) is 66.9 cm³/mol. The van der Waals surface area contributed by atoms with Crippen molar-refractivity contribution in [2.75, 3.05) is 26.7 Å². The second kappa shape index (κ2) is 6.51. The van der Waals surface area contributed by atoms with Gasteiger partial charge >= 0.3 is 0 Å². The van der Waals surface area contributed by atoms with Gasteiger partial charge in [-0.15, -0.1) is 0 Å². The molecule has 0 unspecified atom stereocenters. The number of likely N-dealkylation sites (tertiary alicyclic amines) is 1. The summed E-state index contributed by atoms with van der Waals surface area (Å²) in [7, 11) is 1.67. The molecule has 0 atom stereocenters. The van der Waals surface area contributed by atoms with Gasteiger partial charge in [0.25, 0.3) is 0 Å². The molecule has 6 heteroatoms. The monoisotopic (exact) mass is 252 g/mol. The van der Waals surface area contributed by atoms with Crippen molar-refractivity contribution in [3.63, 3.8) is 0 Å². The highest BCUT2D eigenvalue weighted by Gasteiger charge is 2.20. The molecule has 1 saturated heterocycles. The van der Waals surface area contributed by atoms with Crippen LogP contribution >= 0.6 is 0 Å². The molecule has 0 radical (unpaired) electrons. The summed E-state index contributed by atoms with van der Waals surface area (Å²) in [5.74, 6) is 0.950. The van der Waals surface area contributed by atoms with Crippen molar-refractivity contribution in [2.24, 2.45) is 0 Å². The second-order valence-corrected chi connectivity index (χ2v) is 4.57. The third-order valence-electron chi connectivity index (χ3n) is 3.28. The van der Waals surface area contributed by atoms with Gasteiger partial charge in [-0.25, -0.2) is 4.98 Å². The van der Waals surface area contributed by atoms with E-state index in [1.54, 1.807) is 13.2 Å². The van der Waals surface area contributed by atoms with Crippen LogP contribution in [0.5, 0.6) is 0 Å². The minimum Gasteiger partial charge on any atom is -0.447 e. The number of oxazole rings is 1. The first-order valence-electron chi connectivity index (χ1n) is 6.31. The summed E-state index contributed by atoms with van der Waals surface area (Å²) in [4.78, 5) is 17.3. The number of piperidine rings is 1. The lowest BCUT2D eigenvalue weighted by Gasteiger charge is -2.31. The lowest BCUT2D eigenvalue weighted by Crippen LogP contribution is -2.45. The fourth-order valence-corrected chi connectivity index (χ4v) is 2.15. The average Bonchev–Trinajstić information content (AvgIpc) is 2.91. The van der Waals surface area contributed by atoms with Crippen LogP contribution in [0.2, 0.25) is 0 Å². The van der Waals surface area contributed by atoms with E-state index in [-0.39, 0.29) is 5.91 Å². The van der Waals surface area contributed by atoms with E-state index in [1.807, 2.05) is 0 Å². The first-order valence-corrected chi connectivity index (χ1v) is 6.31. The number of rotatable bonds is 5. The van der Waals surface area contributed by atoms with E-state index in [0.29, 0.717) is 12.6 Å². The molecule has 1 aromatic rings. The van der Waals surface area contributed by atoms with Gasteiger partial charge in [-0.3, -0.25) is 9.69 Å². The van der Waals surface area contributed by atoms with Crippen molar-refractivity contribution >= 4 is 5.91 Å². The molecule has 2 rings (SSSR count). The van der Waals surface area contributed by atoms with Crippen molar-refractivity contribution in [3.8, 4) is 0 Å². The minimum atomic E-state index is 0.0862. The Bertz CT molecular complexity index is 358. The Morgan fingerprint density at radius 2 is 2.33 bits per heavy atom. The number of nitrogens with one attached hydrogen (secondary N) is 2. The van der Waals surface area contributed by atoms with Gasteiger partial charge in [0.2, 0.25) is 5.91 Å². The van der Waals surface area contributed by atoms with Crippen LogP contribution in [0, 0.1) is 0 Å². The van der Waals surface area contributed by atoms with E-state index in [0.717, 1.165) is 38.2 Å². The highest BCUT2D eigenvalue weighted by Crippen LogP contribution is 2.10. The summed E-state index contributed by atoms with van der Waals surface area (Å²) in [6.45, 7) is 3.15. The Labute approximate surface area is 107 Å². The van der Waals surface area contributed by atoms with Gasteiger partial charge in [0.1, 0.15) is 5.76 Å². The van der Waals surface area contributed by atoms with Crippen molar-refractivity contribution in [2.45, 2.75) is 25.4 Å². The Morgan fingerprint density at radius 3 is 2.94 bits per heavy atom. The summed E-state index contributed by atoms with van der Waals surface area (Å²) in [6, 6.07) is 0.496. The van der Waals surface area contributed by atoms with E-state index in [2.05, 4.69) is 20.5 Å². The fraction of sp³-hybridized carbons (Fsp3) is 0.667. The van der Waals surface area contributed by atoms with Crippen LogP contribution < -0.4 is 10.6 Å². The first-order chi connectivity index (χ1) is 8.78. The summed E-state index contributed by atoms with van der Waals surface area (Å²) in [5.41, 5.74) is 0. The molecule has 18 heavy (non-hydrogen) atoms. The van der Waals surface area contributed by atoms with E-state index in [9.17, 15) is 4.79 Å². The lowest BCUT2D eigenvalue weighted by atomic mass is 10.1. The molecular formula is C12H20N4O2. The molecule has 1 aliphatic heterocycles. The van der Waals surface area contributed by atoms with Crippen LogP contribution in [0.25, 0.3) is 0 Å². The van der Waals surface area contributed by atoms with Crippen molar-refractivity contribution in [1.29, 1.82) is 0 Å². The standard InChI is InChI=1S/C12H20N4O2/c1-13-12(17)8-16-4-2-10(3-5-16)15-7-11-6-14-9-18-11/h6,9-10,15H,2-5,7-8H2,1H3,(H,13,17). The highest BCUT2D eigenvalue weighted by molar-refractivity contribution is 5.77.